The van der Waals surface area contributed by atoms with Gasteiger partial charge in [0.2, 0.25) is 86.9 Å². The first-order chi connectivity index (χ1) is 64.2. The minimum absolute atomic E-state index is 0.0713. The Hall–Kier alpha value is -13.4. The molecule has 16 amide bonds. The van der Waals surface area contributed by atoms with E-state index < -0.39 is 282 Å². The molecule has 12 atom stereocenters. The summed E-state index contributed by atoms with van der Waals surface area (Å²) in [4.78, 5) is 243. The van der Waals surface area contributed by atoms with Gasteiger partial charge < -0.3 is 114 Å². The molecule has 46 nitrogen and oxygen atoms in total. The fraction of sp³-hybridized carbons (Fsp3) is 0.571. The normalized spacial score (nSPS) is 18.7. The van der Waals surface area contributed by atoms with Crippen LogP contribution in [0.15, 0.2) is 90.0 Å². The first-order valence-electron chi connectivity index (χ1n) is 45.3. The number of anilines is 4. The zero-order valence-electron chi connectivity index (χ0n) is 81.7. The van der Waals surface area contributed by atoms with Crippen molar-refractivity contribution in [1.29, 1.82) is 0 Å². The highest BCUT2D eigenvalue weighted by Gasteiger charge is 2.40. The van der Waals surface area contributed by atoms with E-state index in [1.165, 1.54) is 30.5 Å². The summed E-state index contributed by atoms with van der Waals surface area (Å²) in [6, 6.07) is 2.30. The average molecular weight is 1950 g/mol. The van der Waals surface area contributed by atoms with E-state index in [0.717, 1.165) is 42.8 Å². The maximum atomic E-state index is 15.6. The molecule has 5 aromatic rings. The van der Waals surface area contributed by atoms with Crippen LogP contribution in [0.3, 0.4) is 0 Å². The van der Waals surface area contributed by atoms with E-state index in [0.29, 0.717) is 16.8 Å². The van der Waals surface area contributed by atoms with Gasteiger partial charge in [0.1, 0.15) is 88.6 Å². The predicted octanol–water partition coefficient (Wildman–Crippen LogP) is 2.02. The van der Waals surface area contributed by atoms with Gasteiger partial charge >= 0.3 is 24.4 Å². The molecule has 1 aliphatic heterocycles. The van der Waals surface area contributed by atoms with Gasteiger partial charge in [0, 0.05) is 83.1 Å². The van der Waals surface area contributed by atoms with E-state index in [2.05, 4.69) is 89.8 Å². The molecule has 3 aromatic carbocycles. The molecule has 1 saturated heterocycles. The van der Waals surface area contributed by atoms with Crippen LogP contribution in [0, 0.1) is 12.8 Å². The smallest absolute Gasteiger partial charge is 0.407 e. The maximum Gasteiger partial charge on any atom is 0.407 e. The van der Waals surface area contributed by atoms with E-state index in [-0.39, 0.29) is 43.3 Å². The number of aryl methyl sites for hydroxylation is 3. The van der Waals surface area contributed by atoms with E-state index in [1.807, 2.05) is 25.1 Å². The standard InChI is InChI=1S/C91H136N22O24S/c1-50(2)47-68-80(125)104-64(37-43-96-85(129)135-89(10,11)12)76(121)103-66(39-45-98-87(131)137-91(16,17)18)79(124)108-71(52(4)114)81(126)93-41-35-62(75(120)102-63(36-42-95-84(128)134-88(7,8)9)74(119)100-61(73(118)106-68)32-29-55-25-22-21-23-26-55)101-77(122)65(38-44-97-86(130)136-90(13,14)15)105-82(127)72(53(5)115)109-78(123)60(99-54(6)116)33-34-70(117)113(57-27-24-28-58(48-57)138(92,132)133)83-94-46-40-69(107-83)111(19)56-30-31-59-51(3)112(20)110-67(59)49-56/h21-28,30-31,40,46,48-50,52-53,60-66,68,71-72,114-115H,29,32-39,41-45,47H2,1-20H3,(H,93,126)(H,95,128)(H,96,129)(H,97,130)(H,98,131)(H,99,116)(H,100,119)(H,101,122)(H,102,120)(H,103,121)(H,104,125)(H,105,127)(H,106,118)(H,108,124)(H,109,123)(H2,92,132,133)/t52-,53-,60+,61-,62+,63+,64+,65+,66+,68+,71+,72+/m1/s1. The molecule has 2 aromatic heterocycles. The van der Waals surface area contributed by atoms with Gasteiger partial charge in [-0.05, 0) is 216 Å². The van der Waals surface area contributed by atoms with Crippen LogP contribution in [0.1, 0.15) is 187 Å². The molecule has 1 fully saturated rings. The quantitative estimate of drug-likeness (QED) is 0.0262. The summed E-state index contributed by atoms with van der Waals surface area (Å²) < 4.78 is 49.0. The van der Waals surface area contributed by atoms with E-state index >= 15 is 28.8 Å². The number of carbonyl (C=O) groups excluding carboxylic acids is 16. The molecule has 0 radical (unpaired) electrons. The number of benzene rings is 3. The minimum Gasteiger partial charge on any atom is -0.444 e. The van der Waals surface area contributed by atoms with Crippen molar-refractivity contribution in [3.8, 4) is 0 Å². The Kier molecular flexibility index (Phi) is 42.0. The SMILES string of the molecule is CC(=O)N[C@@H](CCC(=O)N(c1cccc(S(N)(=O)=O)c1)c1nccc(N(C)c2ccc3c(C)n(C)nc3c2)n1)C(=O)N[C@H](C(=O)N[C@@H](CCNC(=O)OC(C)(C)C)C(=O)N[C@H]1CCNC(=O)[C@H]([C@@H](C)O)NC(=O)[C@H](CCNC(=O)OC(C)(C)C)NC(=O)[C@H](CCNC(=O)OC(C)(C)C)NC(=O)[C@H](CC(C)C)NC(=O)[C@@H](CCc2ccccc2)NC(=O)[C@H](CCNC(=O)OC(C)(C)C)NC1=O)[C@@H](C)O. The van der Waals surface area contributed by atoms with Crippen molar-refractivity contribution >= 4 is 139 Å². The highest BCUT2D eigenvalue weighted by molar-refractivity contribution is 7.89. The lowest BCUT2D eigenvalue weighted by atomic mass is 10.00. The van der Waals surface area contributed by atoms with Gasteiger partial charge in [-0.2, -0.15) is 10.1 Å². The minimum atomic E-state index is -4.42. The number of amides is 16. The summed E-state index contributed by atoms with van der Waals surface area (Å²) in [5, 5.41) is 71.7. The van der Waals surface area contributed by atoms with Gasteiger partial charge in [-0.25, -0.2) is 42.6 Å². The zero-order chi connectivity index (χ0) is 103. The highest BCUT2D eigenvalue weighted by Crippen LogP contribution is 2.32. The number of ether oxygens (including phenoxy) is 4. The van der Waals surface area contributed by atoms with Gasteiger partial charge in [0.15, 0.2) is 0 Å². The third kappa shape index (κ3) is 38.3. The van der Waals surface area contributed by atoms with E-state index in [4.69, 9.17) is 29.1 Å². The van der Waals surface area contributed by atoms with Crippen LogP contribution >= 0.6 is 0 Å². The molecule has 760 valence electrons. The molecule has 0 saturated carbocycles. The van der Waals surface area contributed by atoms with Crippen LogP contribution in [-0.4, -0.2) is 268 Å². The van der Waals surface area contributed by atoms with Crippen molar-refractivity contribution in [3.63, 3.8) is 0 Å². The number of carbonyl (C=O) groups is 16. The van der Waals surface area contributed by atoms with Crippen molar-refractivity contribution in [3.05, 3.63) is 96.3 Å². The van der Waals surface area contributed by atoms with Crippen LogP contribution in [0.4, 0.5) is 42.3 Å². The molecule has 3 heterocycles. The Bertz CT molecular complexity index is 5240. The largest absolute Gasteiger partial charge is 0.444 e. The van der Waals surface area contributed by atoms with E-state index in [1.54, 1.807) is 151 Å². The number of primary sulfonamides is 1. The number of nitrogens with one attached hydrogen (secondary N) is 15. The molecular formula is C91H136N22O24S. The van der Waals surface area contributed by atoms with Crippen molar-refractivity contribution < 1.29 is 114 Å². The lowest BCUT2D eigenvalue weighted by Crippen LogP contribution is -2.62. The molecule has 0 unspecified atom stereocenters. The topological polar surface area (TPSA) is 641 Å². The van der Waals surface area contributed by atoms with Gasteiger partial charge in [-0.15, -0.1) is 0 Å². The lowest BCUT2D eigenvalue weighted by molar-refractivity contribution is -0.137. The van der Waals surface area contributed by atoms with Gasteiger partial charge in [0.05, 0.1) is 28.3 Å². The van der Waals surface area contributed by atoms with Crippen molar-refractivity contribution in [2.24, 2.45) is 18.1 Å². The maximum absolute atomic E-state index is 15.6. The lowest BCUT2D eigenvalue weighted by Gasteiger charge is -2.29. The number of aliphatic hydroxyl groups excluding tert-OH is 2. The second-order valence-electron chi connectivity index (χ2n) is 37.7. The third-order valence-corrected chi connectivity index (χ3v) is 21.5. The number of hydrogen-bond donors (Lipinski definition) is 18. The number of fused-ring (bicyclic) bond motifs is 1. The third-order valence-electron chi connectivity index (χ3n) is 20.6. The Morgan fingerprint density at radius 3 is 1.54 bits per heavy atom. The summed E-state index contributed by atoms with van der Waals surface area (Å²) in [5.41, 5.74) is -1.45. The molecule has 19 N–H and O–H groups in total. The number of aromatic nitrogens is 4. The summed E-state index contributed by atoms with van der Waals surface area (Å²) in [7, 11) is -0.942. The first-order valence-corrected chi connectivity index (χ1v) is 46.8. The Morgan fingerprint density at radius 2 is 1.04 bits per heavy atom. The fourth-order valence-electron chi connectivity index (χ4n) is 13.8. The van der Waals surface area contributed by atoms with E-state index in [9.17, 15) is 66.6 Å². The highest BCUT2D eigenvalue weighted by atomic mass is 32.2. The number of hydrogen-bond acceptors (Lipinski definition) is 28. The van der Waals surface area contributed by atoms with Crippen molar-refractivity contribution in [2.45, 2.75) is 289 Å². The van der Waals surface area contributed by atoms with Gasteiger partial charge in [-0.3, -0.25) is 62.2 Å². The Labute approximate surface area is 802 Å². The average Bonchev–Trinajstić information content (AvgIpc) is 1.55. The number of nitrogens with two attached hydrogens (primary N) is 1. The summed E-state index contributed by atoms with van der Waals surface area (Å²) in [6.45, 7) is 24.9. The number of sulfonamides is 1. The van der Waals surface area contributed by atoms with Gasteiger partial charge in [0.25, 0.3) is 0 Å². The molecule has 0 spiro atoms. The summed E-state index contributed by atoms with van der Waals surface area (Å²) >= 11 is 0. The van der Waals surface area contributed by atoms with Crippen LogP contribution in [-0.2, 0) is 100.0 Å². The molecule has 1 aliphatic rings. The van der Waals surface area contributed by atoms with Crippen LogP contribution in [0.25, 0.3) is 10.9 Å². The van der Waals surface area contributed by atoms with Crippen LogP contribution in [0.5, 0.6) is 0 Å². The Balaban J connectivity index is 1.44. The number of rotatable bonds is 34. The Morgan fingerprint density at radius 1 is 0.558 bits per heavy atom. The number of aliphatic hydroxyl groups is 2. The fourth-order valence-corrected chi connectivity index (χ4v) is 14.4. The first kappa shape index (κ1) is 113. The molecule has 6 rings (SSSR count). The monoisotopic (exact) mass is 1950 g/mol. The molecule has 0 bridgehead atoms. The molecule has 47 heteroatoms. The molecule has 138 heavy (non-hydrogen) atoms. The molecular weight excluding hydrogens is 1820 g/mol. The van der Waals surface area contributed by atoms with Crippen LogP contribution < -0.4 is 94.7 Å². The van der Waals surface area contributed by atoms with Crippen molar-refractivity contribution in [1.82, 2.24) is 99.5 Å². The second kappa shape index (κ2) is 51.1. The number of nitrogens with zero attached hydrogens (tertiary/aromatic N) is 6. The van der Waals surface area contributed by atoms with Crippen LogP contribution in [0.2, 0.25) is 0 Å². The molecule has 0 aliphatic carbocycles. The zero-order valence-corrected chi connectivity index (χ0v) is 82.6. The van der Waals surface area contributed by atoms with Gasteiger partial charge in [-0.1, -0.05) is 50.2 Å². The predicted molar refractivity (Wildman–Crippen MR) is 505 cm³/mol. The summed E-state index contributed by atoms with van der Waals surface area (Å²) in [6.07, 6.45) is -10.7. The number of alkyl carbamates (subject to hydrolysis) is 4. The summed E-state index contributed by atoms with van der Waals surface area (Å²) in [5.74, 6) is -13.9. The second-order valence-corrected chi connectivity index (χ2v) is 39.3. The van der Waals surface area contributed by atoms with Crippen molar-refractivity contribution in [2.75, 3.05) is 49.6 Å².